The number of hydrogen-bond acceptors (Lipinski definition) is 3. The highest BCUT2D eigenvalue weighted by Gasteiger charge is 2.11. The highest BCUT2D eigenvalue weighted by molar-refractivity contribution is 14.1. The number of nitrogens with zero attached hydrogens (tertiary/aromatic N) is 2. The van der Waals surface area contributed by atoms with Crippen LogP contribution in [0, 0.1) is 17.0 Å². The first-order valence-electron chi connectivity index (χ1n) is 7.46. The van der Waals surface area contributed by atoms with Crippen molar-refractivity contribution >= 4 is 51.3 Å². The Kier molecular flexibility index (Phi) is 4.89. The summed E-state index contributed by atoms with van der Waals surface area (Å²) in [6.07, 6.45) is 3.71. The van der Waals surface area contributed by atoms with Gasteiger partial charge in [-0.3, -0.25) is 15.1 Å². The lowest BCUT2D eigenvalue weighted by Crippen LogP contribution is -1.93. The molecule has 0 saturated heterocycles. The molecule has 1 heterocycles. The molecule has 0 aliphatic rings. The Bertz CT molecular complexity index is 951. The van der Waals surface area contributed by atoms with Crippen molar-refractivity contribution in [2.75, 3.05) is 0 Å². The lowest BCUT2D eigenvalue weighted by atomic mass is 10.1. The normalized spacial score (nSPS) is 11.2. The van der Waals surface area contributed by atoms with E-state index < -0.39 is 0 Å². The smallest absolute Gasteiger partial charge is 0.258 e. The fraction of sp³-hybridized carbons (Fsp3) is 0.105. The predicted molar refractivity (Wildman–Crippen MR) is 106 cm³/mol. The minimum atomic E-state index is -0.350. The number of benzene rings is 2. The van der Waals surface area contributed by atoms with E-state index in [0.717, 1.165) is 32.2 Å². The van der Waals surface area contributed by atoms with Gasteiger partial charge in [-0.15, -0.1) is 0 Å². The average Bonchev–Trinajstić information content (AvgIpc) is 2.58. The maximum Gasteiger partial charge on any atom is 0.276 e. The number of halogens is 1. The van der Waals surface area contributed by atoms with Gasteiger partial charge in [0.25, 0.3) is 5.69 Å². The van der Waals surface area contributed by atoms with Crippen molar-refractivity contribution in [1.29, 1.82) is 0 Å². The molecule has 0 spiro atoms. The molecule has 2 aromatic carbocycles. The van der Waals surface area contributed by atoms with Crippen LogP contribution in [0.4, 0.5) is 5.69 Å². The van der Waals surface area contributed by atoms with E-state index in [-0.39, 0.29) is 10.6 Å². The molecule has 5 heteroatoms. The Morgan fingerprint density at radius 3 is 2.62 bits per heavy atom. The van der Waals surface area contributed by atoms with Crippen LogP contribution in [0.25, 0.3) is 23.1 Å². The van der Waals surface area contributed by atoms with Gasteiger partial charge < -0.3 is 0 Å². The summed E-state index contributed by atoms with van der Waals surface area (Å²) in [4.78, 5) is 15.5. The third kappa shape index (κ3) is 3.46. The summed E-state index contributed by atoms with van der Waals surface area (Å²) in [5, 5.41) is 12.3. The molecular formula is C19H15IN2O2. The zero-order chi connectivity index (χ0) is 17.1. The molecule has 0 bridgehead atoms. The van der Waals surface area contributed by atoms with Crippen molar-refractivity contribution in [3.8, 4) is 0 Å². The van der Waals surface area contributed by atoms with Gasteiger partial charge in [0, 0.05) is 15.9 Å². The fourth-order valence-corrected chi connectivity index (χ4v) is 3.19. The standard InChI is InChI=1S/C19H15IN2O2/c1-13-6-9-19(22(23)24)16(10-13)8-7-15-11-14-4-2-3-5-17(14)21-18(15)12-20/h2-11H,12H2,1H3/b8-7+. The molecule has 3 aromatic rings. The molecule has 0 saturated carbocycles. The van der Waals surface area contributed by atoms with Gasteiger partial charge in [-0.05, 0) is 36.8 Å². The highest BCUT2D eigenvalue weighted by Crippen LogP contribution is 2.25. The maximum atomic E-state index is 11.2. The second-order valence-corrected chi connectivity index (χ2v) is 6.27. The Morgan fingerprint density at radius 1 is 1.12 bits per heavy atom. The van der Waals surface area contributed by atoms with E-state index in [1.54, 1.807) is 18.2 Å². The fourth-order valence-electron chi connectivity index (χ4n) is 2.58. The van der Waals surface area contributed by atoms with Crippen molar-refractivity contribution in [1.82, 2.24) is 4.98 Å². The topological polar surface area (TPSA) is 56.0 Å². The molecule has 0 amide bonds. The van der Waals surface area contributed by atoms with Gasteiger partial charge in [-0.2, -0.15) is 0 Å². The van der Waals surface area contributed by atoms with Crippen molar-refractivity contribution in [2.45, 2.75) is 11.4 Å². The third-order valence-electron chi connectivity index (χ3n) is 3.79. The lowest BCUT2D eigenvalue weighted by molar-refractivity contribution is -0.385. The van der Waals surface area contributed by atoms with E-state index in [2.05, 4.69) is 33.6 Å². The van der Waals surface area contributed by atoms with Crippen LogP contribution in [-0.2, 0) is 4.43 Å². The largest absolute Gasteiger partial charge is 0.276 e. The van der Waals surface area contributed by atoms with Crippen LogP contribution in [-0.4, -0.2) is 9.91 Å². The number of nitro benzene ring substituents is 1. The highest BCUT2D eigenvalue weighted by atomic mass is 127. The minimum Gasteiger partial charge on any atom is -0.258 e. The molecule has 0 fully saturated rings. The molecule has 1 aromatic heterocycles. The number of rotatable bonds is 4. The molecule has 4 nitrogen and oxygen atoms in total. The summed E-state index contributed by atoms with van der Waals surface area (Å²) in [6, 6.07) is 15.2. The monoisotopic (exact) mass is 430 g/mol. The van der Waals surface area contributed by atoms with Crippen LogP contribution >= 0.6 is 22.6 Å². The SMILES string of the molecule is Cc1ccc([N+](=O)[O-])c(/C=C/c2cc3ccccc3nc2CI)c1. The Morgan fingerprint density at radius 2 is 1.88 bits per heavy atom. The predicted octanol–water partition coefficient (Wildman–Crippen LogP) is 5.56. The first-order chi connectivity index (χ1) is 11.6. The summed E-state index contributed by atoms with van der Waals surface area (Å²) in [5.74, 6) is 0. The summed E-state index contributed by atoms with van der Waals surface area (Å²) in [7, 11) is 0. The molecule has 0 unspecified atom stereocenters. The van der Waals surface area contributed by atoms with Gasteiger partial charge in [0.2, 0.25) is 0 Å². The number of aromatic nitrogens is 1. The number of alkyl halides is 1. The van der Waals surface area contributed by atoms with Gasteiger partial charge in [-0.25, -0.2) is 0 Å². The number of aryl methyl sites for hydroxylation is 1. The number of nitro groups is 1. The zero-order valence-electron chi connectivity index (χ0n) is 13.1. The second-order valence-electron chi connectivity index (χ2n) is 5.50. The number of fused-ring (bicyclic) bond motifs is 1. The Labute approximate surface area is 153 Å². The van der Waals surface area contributed by atoms with Crippen LogP contribution < -0.4 is 0 Å². The zero-order valence-corrected chi connectivity index (χ0v) is 15.2. The quantitative estimate of drug-likeness (QED) is 0.236. The molecule has 0 aliphatic heterocycles. The summed E-state index contributed by atoms with van der Waals surface area (Å²) >= 11 is 2.28. The average molecular weight is 430 g/mol. The Hall–Kier alpha value is -2.28. The van der Waals surface area contributed by atoms with Crippen molar-refractivity contribution in [2.24, 2.45) is 0 Å². The van der Waals surface area contributed by atoms with E-state index in [1.807, 2.05) is 43.3 Å². The summed E-state index contributed by atoms with van der Waals surface area (Å²) < 4.78 is 0.776. The molecular weight excluding hydrogens is 415 g/mol. The van der Waals surface area contributed by atoms with E-state index >= 15 is 0 Å². The number of pyridine rings is 1. The van der Waals surface area contributed by atoms with E-state index in [4.69, 9.17) is 0 Å². The molecule has 0 atom stereocenters. The van der Waals surface area contributed by atoms with Crippen LogP contribution in [0.5, 0.6) is 0 Å². The lowest BCUT2D eigenvalue weighted by Gasteiger charge is -2.05. The minimum absolute atomic E-state index is 0.113. The Balaban J connectivity index is 2.08. The molecule has 24 heavy (non-hydrogen) atoms. The van der Waals surface area contributed by atoms with Crippen LogP contribution in [0.3, 0.4) is 0 Å². The molecule has 0 N–H and O–H groups in total. The molecule has 0 radical (unpaired) electrons. The summed E-state index contributed by atoms with van der Waals surface area (Å²) in [6.45, 7) is 1.93. The van der Waals surface area contributed by atoms with Gasteiger partial charge in [0.1, 0.15) is 0 Å². The first-order valence-corrected chi connectivity index (χ1v) is 8.99. The molecule has 120 valence electrons. The van der Waals surface area contributed by atoms with Gasteiger partial charge in [0.05, 0.1) is 21.7 Å². The maximum absolute atomic E-state index is 11.2. The summed E-state index contributed by atoms with van der Waals surface area (Å²) in [5.41, 5.74) is 4.63. The van der Waals surface area contributed by atoms with E-state index in [9.17, 15) is 10.1 Å². The van der Waals surface area contributed by atoms with Crippen LogP contribution in [0.15, 0.2) is 48.5 Å². The molecule has 3 rings (SSSR count). The van der Waals surface area contributed by atoms with Gasteiger partial charge >= 0.3 is 0 Å². The van der Waals surface area contributed by atoms with Crippen LogP contribution in [0.1, 0.15) is 22.4 Å². The second kappa shape index (κ2) is 7.09. The van der Waals surface area contributed by atoms with E-state index in [0.29, 0.717) is 5.56 Å². The van der Waals surface area contributed by atoms with Crippen LogP contribution in [0.2, 0.25) is 0 Å². The van der Waals surface area contributed by atoms with E-state index in [1.165, 1.54) is 0 Å². The van der Waals surface area contributed by atoms with Gasteiger partial charge in [0.15, 0.2) is 0 Å². The third-order valence-corrected chi connectivity index (χ3v) is 4.51. The number of para-hydroxylation sites is 1. The molecule has 0 aliphatic carbocycles. The van der Waals surface area contributed by atoms with Crippen molar-refractivity contribution in [3.63, 3.8) is 0 Å². The van der Waals surface area contributed by atoms with Gasteiger partial charge in [-0.1, -0.05) is 58.5 Å². The number of hydrogen-bond donors (Lipinski definition) is 0. The first kappa shape index (κ1) is 16.6. The van der Waals surface area contributed by atoms with Crippen molar-refractivity contribution in [3.05, 3.63) is 81.0 Å². The van der Waals surface area contributed by atoms with Crippen molar-refractivity contribution < 1.29 is 4.92 Å².